The SMILES string of the molecule is CCC(C)c1cnc2[nH]ccc2c1.[HH]. The zero-order chi connectivity index (χ0) is 9.26. The lowest BCUT2D eigenvalue weighted by Gasteiger charge is -2.07. The summed E-state index contributed by atoms with van der Waals surface area (Å²) in [6.45, 7) is 4.43. The molecule has 0 saturated carbocycles. The Kier molecular flexibility index (Phi) is 2.05. The van der Waals surface area contributed by atoms with Gasteiger partial charge in [0.15, 0.2) is 0 Å². The highest BCUT2D eigenvalue weighted by molar-refractivity contribution is 5.75. The fourth-order valence-electron chi connectivity index (χ4n) is 1.46. The second-order valence-corrected chi connectivity index (χ2v) is 3.49. The summed E-state index contributed by atoms with van der Waals surface area (Å²) in [5.41, 5.74) is 2.31. The van der Waals surface area contributed by atoms with E-state index in [-0.39, 0.29) is 1.43 Å². The first-order valence-corrected chi connectivity index (χ1v) is 4.74. The third-order valence-corrected chi connectivity index (χ3v) is 2.60. The summed E-state index contributed by atoms with van der Waals surface area (Å²) in [6, 6.07) is 4.28. The van der Waals surface area contributed by atoms with E-state index >= 15 is 0 Å². The van der Waals surface area contributed by atoms with Crippen LogP contribution in [0.4, 0.5) is 0 Å². The molecule has 0 amide bonds. The Hall–Kier alpha value is -1.31. The molecule has 0 aliphatic rings. The summed E-state index contributed by atoms with van der Waals surface area (Å²) >= 11 is 0. The van der Waals surface area contributed by atoms with Crippen LogP contribution in [0.5, 0.6) is 0 Å². The van der Waals surface area contributed by atoms with Crippen molar-refractivity contribution < 1.29 is 1.43 Å². The van der Waals surface area contributed by atoms with Gasteiger partial charge in [0.05, 0.1) is 0 Å². The lowest BCUT2D eigenvalue weighted by atomic mass is 10.00. The molecule has 0 aromatic carbocycles. The largest absolute Gasteiger partial charge is 0.346 e. The number of hydrogen-bond acceptors (Lipinski definition) is 1. The first-order valence-electron chi connectivity index (χ1n) is 4.74. The molecule has 0 radical (unpaired) electrons. The fourth-order valence-corrected chi connectivity index (χ4v) is 1.46. The van der Waals surface area contributed by atoms with Gasteiger partial charge in [-0.1, -0.05) is 13.8 Å². The van der Waals surface area contributed by atoms with Crippen LogP contribution in [0.25, 0.3) is 11.0 Å². The molecule has 2 aromatic rings. The van der Waals surface area contributed by atoms with Gasteiger partial charge in [0.25, 0.3) is 0 Å². The standard InChI is InChI=1S/C11H14N2.H2/c1-3-8(2)10-6-9-4-5-12-11(9)13-7-10;/h4-8H,3H2,1-2H3,(H,12,13);1H. The van der Waals surface area contributed by atoms with Crippen LogP contribution in [-0.4, -0.2) is 9.97 Å². The molecule has 70 valence electrons. The predicted octanol–water partition coefficient (Wildman–Crippen LogP) is 3.32. The molecular weight excluding hydrogens is 160 g/mol. The average molecular weight is 176 g/mol. The number of H-pyrrole nitrogens is 1. The highest BCUT2D eigenvalue weighted by Crippen LogP contribution is 2.20. The van der Waals surface area contributed by atoms with E-state index in [0.29, 0.717) is 5.92 Å². The number of aromatic amines is 1. The van der Waals surface area contributed by atoms with Crippen molar-refractivity contribution >= 4 is 11.0 Å². The molecule has 1 N–H and O–H groups in total. The van der Waals surface area contributed by atoms with E-state index in [1.165, 1.54) is 10.9 Å². The van der Waals surface area contributed by atoms with Gasteiger partial charge in [-0.2, -0.15) is 0 Å². The van der Waals surface area contributed by atoms with Gasteiger partial charge in [-0.05, 0) is 30.0 Å². The van der Waals surface area contributed by atoms with E-state index in [4.69, 9.17) is 0 Å². The summed E-state index contributed by atoms with van der Waals surface area (Å²) in [4.78, 5) is 7.45. The zero-order valence-corrected chi connectivity index (χ0v) is 8.04. The third kappa shape index (κ3) is 1.44. The number of hydrogen-bond donors (Lipinski definition) is 1. The Labute approximate surface area is 79.5 Å². The van der Waals surface area contributed by atoms with Crippen LogP contribution in [0, 0.1) is 0 Å². The first-order chi connectivity index (χ1) is 6.31. The summed E-state index contributed by atoms with van der Waals surface area (Å²) in [5, 5.41) is 1.21. The van der Waals surface area contributed by atoms with Crippen molar-refractivity contribution in [3.63, 3.8) is 0 Å². The third-order valence-electron chi connectivity index (χ3n) is 2.60. The Bertz CT molecular complexity index is 408. The number of aromatic nitrogens is 2. The molecule has 0 spiro atoms. The molecule has 0 aliphatic carbocycles. The second-order valence-electron chi connectivity index (χ2n) is 3.49. The van der Waals surface area contributed by atoms with Gasteiger partial charge < -0.3 is 4.98 Å². The molecule has 2 aromatic heterocycles. The maximum atomic E-state index is 4.35. The highest BCUT2D eigenvalue weighted by Gasteiger charge is 2.04. The molecule has 0 bridgehead atoms. The fraction of sp³-hybridized carbons (Fsp3) is 0.364. The Morgan fingerprint density at radius 1 is 1.62 bits per heavy atom. The van der Waals surface area contributed by atoms with Crippen LogP contribution in [0.2, 0.25) is 0 Å². The molecule has 13 heavy (non-hydrogen) atoms. The van der Waals surface area contributed by atoms with E-state index in [9.17, 15) is 0 Å². The molecule has 1 atom stereocenters. The van der Waals surface area contributed by atoms with Crippen molar-refractivity contribution in [1.29, 1.82) is 0 Å². The molecule has 0 fully saturated rings. The normalized spacial score (nSPS) is 13.4. The number of pyridine rings is 1. The molecular formula is C11H16N2. The van der Waals surface area contributed by atoms with Crippen molar-refractivity contribution in [2.75, 3.05) is 0 Å². The maximum absolute atomic E-state index is 4.35. The average Bonchev–Trinajstić information content (AvgIpc) is 2.63. The van der Waals surface area contributed by atoms with Crippen LogP contribution < -0.4 is 0 Å². The summed E-state index contributed by atoms with van der Waals surface area (Å²) in [6.07, 6.45) is 5.06. The Balaban J connectivity index is 0.000000980. The van der Waals surface area contributed by atoms with E-state index in [1.807, 2.05) is 12.4 Å². The lowest BCUT2D eigenvalue weighted by molar-refractivity contribution is 0.731. The smallest absolute Gasteiger partial charge is 0.137 e. The van der Waals surface area contributed by atoms with Gasteiger partial charge in [-0.3, -0.25) is 0 Å². The van der Waals surface area contributed by atoms with Crippen molar-refractivity contribution in [2.45, 2.75) is 26.2 Å². The highest BCUT2D eigenvalue weighted by atomic mass is 14.8. The van der Waals surface area contributed by atoms with Crippen LogP contribution in [0.3, 0.4) is 0 Å². The number of nitrogens with one attached hydrogen (secondary N) is 1. The van der Waals surface area contributed by atoms with E-state index in [2.05, 4.69) is 35.9 Å². The monoisotopic (exact) mass is 176 g/mol. The van der Waals surface area contributed by atoms with Gasteiger partial charge in [0.1, 0.15) is 5.65 Å². The minimum absolute atomic E-state index is 0. The van der Waals surface area contributed by atoms with Crippen molar-refractivity contribution in [3.05, 3.63) is 30.1 Å². The number of nitrogens with zero attached hydrogens (tertiary/aromatic N) is 1. The molecule has 2 heterocycles. The van der Waals surface area contributed by atoms with Crippen LogP contribution in [0.15, 0.2) is 24.5 Å². The quantitative estimate of drug-likeness (QED) is 0.747. The molecule has 1 unspecified atom stereocenters. The molecule has 2 heteroatoms. The van der Waals surface area contributed by atoms with Gasteiger partial charge in [0, 0.05) is 19.2 Å². The van der Waals surface area contributed by atoms with E-state index in [0.717, 1.165) is 12.1 Å². The summed E-state index contributed by atoms with van der Waals surface area (Å²) in [5.74, 6) is 0.604. The second kappa shape index (κ2) is 3.21. The van der Waals surface area contributed by atoms with Crippen molar-refractivity contribution in [2.24, 2.45) is 0 Å². The zero-order valence-electron chi connectivity index (χ0n) is 8.04. The minimum Gasteiger partial charge on any atom is -0.346 e. The molecule has 0 saturated heterocycles. The van der Waals surface area contributed by atoms with Crippen molar-refractivity contribution in [1.82, 2.24) is 9.97 Å². The number of rotatable bonds is 2. The van der Waals surface area contributed by atoms with Gasteiger partial charge in [-0.15, -0.1) is 0 Å². The predicted molar refractivity (Wildman–Crippen MR) is 56.9 cm³/mol. The topological polar surface area (TPSA) is 28.7 Å². The summed E-state index contributed by atoms with van der Waals surface area (Å²) in [7, 11) is 0. The van der Waals surface area contributed by atoms with Gasteiger partial charge in [0.2, 0.25) is 0 Å². The maximum Gasteiger partial charge on any atom is 0.137 e. The van der Waals surface area contributed by atoms with Crippen LogP contribution >= 0.6 is 0 Å². The van der Waals surface area contributed by atoms with Crippen molar-refractivity contribution in [3.8, 4) is 0 Å². The molecule has 0 aliphatic heterocycles. The van der Waals surface area contributed by atoms with E-state index < -0.39 is 0 Å². The molecule has 2 rings (SSSR count). The Morgan fingerprint density at radius 3 is 3.23 bits per heavy atom. The van der Waals surface area contributed by atoms with Crippen LogP contribution in [-0.2, 0) is 0 Å². The van der Waals surface area contributed by atoms with E-state index in [1.54, 1.807) is 0 Å². The summed E-state index contributed by atoms with van der Waals surface area (Å²) < 4.78 is 0. The van der Waals surface area contributed by atoms with Crippen LogP contribution in [0.1, 0.15) is 33.2 Å². The van der Waals surface area contributed by atoms with Gasteiger partial charge in [-0.25, -0.2) is 4.98 Å². The number of fused-ring (bicyclic) bond motifs is 1. The first kappa shape index (κ1) is 8.30. The minimum atomic E-state index is 0. The van der Waals surface area contributed by atoms with Gasteiger partial charge >= 0.3 is 0 Å². The molecule has 2 nitrogen and oxygen atoms in total. The lowest BCUT2D eigenvalue weighted by Crippen LogP contribution is -1.91. The Morgan fingerprint density at radius 2 is 2.46 bits per heavy atom.